The normalized spacial score (nSPS) is 10.3. The van der Waals surface area contributed by atoms with Crippen molar-refractivity contribution in [1.29, 1.82) is 0 Å². The Morgan fingerprint density at radius 3 is 2.33 bits per heavy atom. The van der Waals surface area contributed by atoms with Crippen molar-refractivity contribution in [3.8, 4) is 11.5 Å². The molecule has 2 rings (SSSR count). The van der Waals surface area contributed by atoms with E-state index in [9.17, 15) is 8.78 Å². The van der Waals surface area contributed by atoms with Crippen LogP contribution in [0.1, 0.15) is 5.56 Å². The maximum Gasteiger partial charge on any atom is 0.167 e. The van der Waals surface area contributed by atoms with E-state index in [4.69, 9.17) is 9.47 Å². The molecule has 0 spiro atoms. The van der Waals surface area contributed by atoms with Gasteiger partial charge in [-0.1, -0.05) is 6.07 Å². The van der Waals surface area contributed by atoms with Gasteiger partial charge in [-0.25, -0.2) is 8.78 Å². The summed E-state index contributed by atoms with van der Waals surface area (Å²) in [7, 11) is 3.12. The van der Waals surface area contributed by atoms with E-state index in [-0.39, 0.29) is 5.69 Å². The molecule has 0 atom stereocenters. The molecule has 0 unspecified atom stereocenters. The van der Waals surface area contributed by atoms with E-state index in [1.807, 2.05) is 12.1 Å². The van der Waals surface area contributed by atoms with Crippen molar-refractivity contribution in [3.63, 3.8) is 0 Å². The summed E-state index contributed by atoms with van der Waals surface area (Å²) >= 11 is 0. The molecule has 0 bridgehead atoms. The van der Waals surface area contributed by atoms with Gasteiger partial charge in [0.15, 0.2) is 23.1 Å². The van der Waals surface area contributed by atoms with Crippen LogP contribution < -0.4 is 14.8 Å². The molecule has 0 saturated heterocycles. The lowest BCUT2D eigenvalue weighted by Crippen LogP contribution is -2.08. The van der Waals surface area contributed by atoms with E-state index in [0.29, 0.717) is 24.5 Å². The molecule has 0 saturated carbocycles. The van der Waals surface area contributed by atoms with E-state index in [1.54, 1.807) is 20.3 Å². The summed E-state index contributed by atoms with van der Waals surface area (Å²) in [5, 5.41) is 2.73. The van der Waals surface area contributed by atoms with Crippen LogP contribution in [0.2, 0.25) is 0 Å². The lowest BCUT2D eigenvalue weighted by atomic mass is 10.1. The van der Waals surface area contributed by atoms with Crippen molar-refractivity contribution in [2.45, 2.75) is 6.42 Å². The largest absolute Gasteiger partial charge is 0.493 e. The highest BCUT2D eigenvalue weighted by molar-refractivity contribution is 5.45. The second-order valence-corrected chi connectivity index (χ2v) is 4.34. The van der Waals surface area contributed by atoms with Crippen LogP contribution >= 0.6 is 0 Å². The first-order valence-corrected chi connectivity index (χ1v) is 6.39. The molecule has 0 amide bonds. The van der Waals surface area contributed by atoms with Crippen molar-refractivity contribution < 1.29 is 18.3 Å². The monoisotopic (exact) mass is 294 g/mol. The molecular formula is C15H16F2N2O2. The van der Waals surface area contributed by atoms with Crippen molar-refractivity contribution in [2.75, 3.05) is 26.1 Å². The summed E-state index contributed by atoms with van der Waals surface area (Å²) in [5.74, 6) is -0.152. The third-order valence-electron chi connectivity index (χ3n) is 3.02. The van der Waals surface area contributed by atoms with Crippen molar-refractivity contribution in [1.82, 2.24) is 4.98 Å². The van der Waals surface area contributed by atoms with E-state index < -0.39 is 11.6 Å². The lowest BCUT2D eigenvalue weighted by Gasteiger charge is -2.11. The summed E-state index contributed by atoms with van der Waals surface area (Å²) in [6.45, 7) is 0.382. The number of hydrogen-bond donors (Lipinski definition) is 1. The number of rotatable bonds is 6. The number of nitrogens with zero attached hydrogens (tertiary/aromatic N) is 1. The zero-order valence-corrected chi connectivity index (χ0v) is 11.8. The predicted octanol–water partition coefficient (Wildman–Crippen LogP) is 3.03. The highest BCUT2D eigenvalue weighted by atomic mass is 19.1. The number of halogens is 2. The number of aromatic nitrogens is 1. The van der Waals surface area contributed by atoms with E-state index >= 15 is 0 Å². The van der Waals surface area contributed by atoms with Crippen LogP contribution in [-0.2, 0) is 6.42 Å². The van der Waals surface area contributed by atoms with Gasteiger partial charge < -0.3 is 14.8 Å². The summed E-state index contributed by atoms with van der Waals surface area (Å²) in [6.07, 6.45) is 2.53. The predicted molar refractivity (Wildman–Crippen MR) is 75.9 cm³/mol. The van der Waals surface area contributed by atoms with Crippen LogP contribution in [0, 0.1) is 11.6 Å². The van der Waals surface area contributed by atoms with Gasteiger partial charge in [0.2, 0.25) is 0 Å². The maximum absolute atomic E-state index is 13.4. The number of methoxy groups -OCH3 is 2. The number of benzene rings is 1. The van der Waals surface area contributed by atoms with Crippen molar-refractivity contribution in [3.05, 3.63) is 47.8 Å². The summed E-state index contributed by atoms with van der Waals surface area (Å²) in [4.78, 5) is 3.43. The Labute approximate surface area is 121 Å². The van der Waals surface area contributed by atoms with Gasteiger partial charge in [-0.2, -0.15) is 0 Å². The number of nitrogens with one attached hydrogen (secondary N) is 1. The average Bonchev–Trinajstić information content (AvgIpc) is 2.50. The van der Waals surface area contributed by atoms with Crippen LogP contribution in [0.15, 0.2) is 30.6 Å². The van der Waals surface area contributed by atoms with Crippen LogP contribution in [0.3, 0.4) is 0 Å². The van der Waals surface area contributed by atoms with Crippen LogP contribution in [0.4, 0.5) is 14.5 Å². The van der Waals surface area contributed by atoms with Gasteiger partial charge in [0.25, 0.3) is 0 Å². The molecular weight excluding hydrogens is 278 g/mol. The molecule has 1 N–H and O–H groups in total. The average molecular weight is 294 g/mol. The number of pyridine rings is 1. The quantitative estimate of drug-likeness (QED) is 0.889. The number of anilines is 1. The number of hydrogen-bond acceptors (Lipinski definition) is 4. The van der Waals surface area contributed by atoms with E-state index in [2.05, 4.69) is 10.3 Å². The highest BCUT2D eigenvalue weighted by Gasteiger charge is 2.09. The topological polar surface area (TPSA) is 43.4 Å². The second-order valence-electron chi connectivity index (χ2n) is 4.34. The Kier molecular flexibility index (Phi) is 4.92. The second kappa shape index (κ2) is 6.88. The van der Waals surface area contributed by atoms with E-state index in [1.165, 1.54) is 0 Å². The summed E-state index contributed by atoms with van der Waals surface area (Å²) in [6, 6.07) is 5.50. The minimum atomic E-state index is -0.706. The molecule has 0 fully saturated rings. The SMILES string of the molecule is COc1ccc(CCNc2c(F)cncc2F)cc1OC. The van der Waals surface area contributed by atoms with Gasteiger partial charge in [-0.3, -0.25) is 4.98 Å². The maximum atomic E-state index is 13.4. The Morgan fingerprint density at radius 2 is 1.71 bits per heavy atom. The van der Waals surface area contributed by atoms with Gasteiger partial charge in [0.05, 0.1) is 26.6 Å². The molecule has 2 aromatic rings. The zero-order valence-electron chi connectivity index (χ0n) is 11.8. The third-order valence-corrected chi connectivity index (χ3v) is 3.02. The lowest BCUT2D eigenvalue weighted by molar-refractivity contribution is 0.354. The van der Waals surface area contributed by atoms with Gasteiger partial charge in [-0.05, 0) is 24.1 Å². The van der Waals surface area contributed by atoms with Crippen molar-refractivity contribution >= 4 is 5.69 Å². The van der Waals surface area contributed by atoms with E-state index in [0.717, 1.165) is 18.0 Å². The fourth-order valence-electron chi connectivity index (χ4n) is 1.95. The van der Waals surface area contributed by atoms with Crippen LogP contribution in [0.5, 0.6) is 11.5 Å². The first-order valence-electron chi connectivity index (χ1n) is 6.39. The fourth-order valence-corrected chi connectivity index (χ4v) is 1.95. The first-order chi connectivity index (χ1) is 10.2. The highest BCUT2D eigenvalue weighted by Crippen LogP contribution is 2.27. The summed E-state index contributed by atoms with van der Waals surface area (Å²) in [5.41, 5.74) is 0.806. The number of ether oxygens (including phenoxy) is 2. The van der Waals surface area contributed by atoms with Crippen molar-refractivity contribution in [2.24, 2.45) is 0 Å². The van der Waals surface area contributed by atoms with Gasteiger partial charge in [0.1, 0.15) is 5.69 Å². The zero-order chi connectivity index (χ0) is 15.2. The molecule has 0 radical (unpaired) electrons. The third kappa shape index (κ3) is 3.59. The Bertz CT molecular complexity index is 600. The Morgan fingerprint density at radius 1 is 1.05 bits per heavy atom. The molecule has 21 heavy (non-hydrogen) atoms. The first kappa shape index (κ1) is 15.0. The fraction of sp³-hybridized carbons (Fsp3) is 0.267. The molecule has 0 aliphatic carbocycles. The molecule has 1 aromatic carbocycles. The molecule has 6 heteroatoms. The van der Waals surface area contributed by atoms with Crippen LogP contribution in [0.25, 0.3) is 0 Å². The molecule has 0 aliphatic rings. The van der Waals surface area contributed by atoms with Gasteiger partial charge >= 0.3 is 0 Å². The summed E-state index contributed by atoms with van der Waals surface area (Å²) < 4.78 is 37.1. The van der Waals surface area contributed by atoms with Crippen LogP contribution in [-0.4, -0.2) is 25.7 Å². The standard InChI is InChI=1S/C15H16F2N2O2/c1-20-13-4-3-10(7-14(13)21-2)5-6-19-15-11(16)8-18-9-12(15)17/h3-4,7-9H,5-6H2,1-2H3,(H,18,19). The van der Waals surface area contributed by atoms with Gasteiger partial charge in [-0.15, -0.1) is 0 Å². The molecule has 4 nitrogen and oxygen atoms in total. The minimum Gasteiger partial charge on any atom is -0.493 e. The minimum absolute atomic E-state index is 0.162. The van der Waals surface area contributed by atoms with Gasteiger partial charge in [0, 0.05) is 6.54 Å². The molecule has 1 heterocycles. The molecule has 0 aliphatic heterocycles. The Hall–Kier alpha value is -2.37. The molecule has 1 aromatic heterocycles. The Balaban J connectivity index is 2.00. The molecule has 112 valence electrons. The smallest absolute Gasteiger partial charge is 0.167 e.